The van der Waals surface area contributed by atoms with Crippen LogP contribution in [0.2, 0.25) is 0 Å². The second-order valence-electron chi connectivity index (χ2n) is 5.60. The van der Waals surface area contributed by atoms with Gasteiger partial charge in [-0.05, 0) is 45.0 Å². The van der Waals surface area contributed by atoms with E-state index in [-0.39, 0.29) is 6.54 Å². The molecule has 0 saturated heterocycles. The highest BCUT2D eigenvalue weighted by Gasteiger charge is 2.21. The minimum absolute atomic E-state index is 0.0357. The minimum atomic E-state index is -0.723. The first-order chi connectivity index (χ1) is 10.2. The third kappa shape index (κ3) is 6.77. The minimum Gasteiger partial charge on any atom is -0.444 e. The van der Waals surface area contributed by atoms with Crippen molar-refractivity contribution in [2.45, 2.75) is 32.4 Å². The van der Waals surface area contributed by atoms with E-state index in [2.05, 4.69) is 32.0 Å². The summed E-state index contributed by atoms with van der Waals surface area (Å²) in [5.74, 6) is 4.72. The third-order valence-electron chi connectivity index (χ3n) is 2.49. The quantitative estimate of drug-likeness (QED) is 0.358. The molecule has 1 aromatic carbocycles. The molecular formula is C14H21BrN4O3. The van der Waals surface area contributed by atoms with Gasteiger partial charge in [-0.15, -0.1) is 0 Å². The van der Waals surface area contributed by atoms with Gasteiger partial charge in [0.15, 0.2) is 0 Å². The molecule has 2 amide bonds. The van der Waals surface area contributed by atoms with Gasteiger partial charge in [-0.1, -0.05) is 15.9 Å². The summed E-state index contributed by atoms with van der Waals surface area (Å²) < 4.78 is 6.04. The van der Waals surface area contributed by atoms with E-state index in [1.165, 1.54) is 0 Å². The number of amides is 2. The molecule has 0 aliphatic heterocycles. The predicted octanol–water partition coefficient (Wildman–Crippen LogP) is 1.74. The molecule has 22 heavy (non-hydrogen) atoms. The Balaban J connectivity index is 2.63. The average molecular weight is 373 g/mol. The maximum atomic E-state index is 11.8. The van der Waals surface area contributed by atoms with Gasteiger partial charge in [0.25, 0.3) is 5.91 Å². The molecule has 0 bridgehead atoms. The van der Waals surface area contributed by atoms with Crippen LogP contribution < -0.4 is 21.9 Å². The van der Waals surface area contributed by atoms with Crippen molar-refractivity contribution in [1.82, 2.24) is 10.7 Å². The zero-order valence-corrected chi connectivity index (χ0v) is 14.4. The van der Waals surface area contributed by atoms with Crippen molar-refractivity contribution in [2.24, 2.45) is 5.84 Å². The van der Waals surface area contributed by atoms with E-state index < -0.39 is 23.6 Å². The first-order valence-corrected chi connectivity index (χ1v) is 7.50. The molecule has 0 unspecified atom stereocenters. The number of hydrogen-bond acceptors (Lipinski definition) is 5. The van der Waals surface area contributed by atoms with Gasteiger partial charge in [0.2, 0.25) is 0 Å². The lowest BCUT2D eigenvalue weighted by molar-refractivity contribution is -0.121. The zero-order valence-electron chi connectivity index (χ0n) is 12.8. The van der Waals surface area contributed by atoms with Crippen LogP contribution in [0.4, 0.5) is 10.5 Å². The van der Waals surface area contributed by atoms with Crippen LogP contribution in [0.5, 0.6) is 0 Å². The molecule has 0 heterocycles. The molecule has 0 aromatic heterocycles. The number of carbonyl (C=O) groups excluding carboxylic acids is 2. The SMILES string of the molecule is CC(C)(C)OC(=O)NC[C@H](Nc1ccc(Br)cc1)C(=O)NN. The molecule has 0 radical (unpaired) electrons. The number of alkyl carbamates (subject to hydrolysis) is 1. The topological polar surface area (TPSA) is 105 Å². The first kappa shape index (κ1) is 18.2. The lowest BCUT2D eigenvalue weighted by Crippen LogP contribution is -2.49. The average Bonchev–Trinajstić information content (AvgIpc) is 2.42. The van der Waals surface area contributed by atoms with Crippen LogP contribution in [0.15, 0.2) is 28.7 Å². The summed E-state index contributed by atoms with van der Waals surface area (Å²) in [6, 6.07) is 6.55. The van der Waals surface area contributed by atoms with Crippen molar-refractivity contribution in [3.05, 3.63) is 28.7 Å². The number of carbonyl (C=O) groups is 2. The molecule has 1 atom stereocenters. The Morgan fingerprint density at radius 3 is 2.36 bits per heavy atom. The standard InChI is InChI=1S/C14H21BrN4O3/c1-14(2,3)22-13(21)17-8-11(12(20)19-16)18-10-6-4-9(15)5-7-10/h4-7,11,18H,8,16H2,1-3H3,(H,17,21)(H,19,20)/t11-/m0/s1. The zero-order chi connectivity index (χ0) is 16.8. The number of halogens is 1. The summed E-state index contributed by atoms with van der Waals surface area (Å²) in [4.78, 5) is 23.4. The molecular weight excluding hydrogens is 352 g/mol. The number of nitrogens with one attached hydrogen (secondary N) is 3. The molecule has 0 saturated carbocycles. The maximum absolute atomic E-state index is 11.8. The number of anilines is 1. The van der Waals surface area contributed by atoms with Crippen LogP contribution in [0, 0.1) is 0 Å². The highest BCUT2D eigenvalue weighted by atomic mass is 79.9. The van der Waals surface area contributed by atoms with Crippen LogP contribution in [0.3, 0.4) is 0 Å². The fourth-order valence-electron chi connectivity index (χ4n) is 1.56. The largest absolute Gasteiger partial charge is 0.444 e. The number of nitrogens with two attached hydrogens (primary N) is 1. The van der Waals surface area contributed by atoms with Crippen LogP contribution in [-0.2, 0) is 9.53 Å². The Hall–Kier alpha value is -1.80. The van der Waals surface area contributed by atoms with Gasteiger partial charge in [-0.25, -0.2) is 10.6 Å². The van der Waals surface area contributed by atoms with Gasteiger partial charge in [-0.3, -0.25) is 10.2 Å². The molecule has 1 rings (SSSR count). The van der Waals surface area contributed by atoms with Gasteiger partial charge in [0, 0.05) is 10.2 Å². The predicted molar refractivity (Wildman–Crippen MR) is 88.1 cm³/mol. The molecule has 122 valence electrons. The summed E-state index contributed by atoms with van der Waals surface area (Å²) >= 11 is 3.33. The molecule has 0 spiro atoms. The summed E-state index contributed by atoms with van der Waals surface area (Å²) in [6.45, 7) is 5.32. The summed E-state index contributed by atoms with van der Waals surface area (Å²) in [6.07, 6.45) is -0.597. The van der Waals surface area contributed by atoms with Crippen molar-refractivity contribution >= 4 is 33.6 Å². The van der Waals surface area contributed by atoms with Crippen LogP contribution in [0.25, 0.3) is 0 Å². The number of benzene rings is 1. The normalized spacial score (nSPS) is 12.2. The summed E-state index contributed by atoms with van der Waals surface area (Å²) in [5.41, 5.74) is 2.19. The fourth-order valence-corrected chi connectivity index (χ4v) is 1.82. The lowest BCUT2D eigenvalue weighted by Gasteiger charge is -2.22. The highest BCUT2D eigenvalue weighted by molar-refractivity contribution is 9.10. The Labute approximate surface area is 138 Å². The molecule has 1 aromatic rings. The Bertz CT molecular complexity index is 514. The van der Waals surface area contributed by atoms with Crippen molar-refractivity contribution in [2.75, 3.05) is 11.9 Å². The van der Waals surface area contributed by atoms with Crippen LogP contribution >= 0.6 is 15.9 Å². The van der Waals surface area contributed by atoms with E-state index in [0.29, 0.717) is 0 Å². The van der Waals surface area contributed by atoms with E-state index in [0.717, 1.165) is 10.2 Å². The third-order valence-corrected chi connectivity index (χ3v) is 3.02. The van der Waals surface area contributed by atoms with Gasteiger partial charge < -0.3 is 15.4 Å². The van der Waals surface area contributed by atoms with Crippen LogP contribution in [0.1, 0.15) is 20.8 Å². The van der Waals surface area contributed by atoms with Gasteiger partial charge in [0.05, 0.1) is 6.54 Å². The molecule has 5 N–H and O–H groups in total. The summed E-state index contributed by atoms with van der Waals surface area (Å²) in [7, 11) is 0. The lowest BCUT2D eigenvalue weighted by atomic mass is 10.2. The number of hydrogen-bond donors (Lipinski definition) is 4. The van der Waals surface area contributed by atoms with Crippen molar-refractivity contribution < 1.29 is 14.3 Å². The number of rotatable bonds is 5. The van der Waals surface area contributed by atoms with Gasteiger partial charge >= 0.3 is 6.09 Å². The Morgan fingerprint density at radius 2 is 1.86 bits per heavy atom. The highest BCUT2D eigenvalue weighted by Crippen LogP contribution is 2.15. The second kappa shape index (κ2) is 8.00. The molecule has 0 aliphatic rings. The van der Waals surface area contributed by atoms with E-state index in [1.54, 1.807) is 32.9 Å². The van der Waals surface area contributed by atoms with Gasteiger partial charge in [0.1, 0.15) is 11.6 Å². The van der Waals surface area contributed by atoms with E-state index in [9.17, 15) is 9.59 Å². The Kier molecular flexibility index (Phi) is 6.63. The van der Waals surface area contributed by atoms with Crippen molar-refractivity contribution in [3.63, 3.8) is 0 Å². The molecule has 0 aliphatic carbocycles. The van der Waals surface area contributed by atoms with Gasteiger partial charge in [-0.2, -0.15) is 0 Å². The Morgan fingerprint density at radius 1 is 1.27 bits per heavy atom. The maximum Gasteiger partial charge on any atom is 0.407 e. The van der Waals surface area contributed by atoms with E-state index in [1.807, 2.05) is 12.1 Å². The van der Waals surface area contributed by atoms with E-state index >= 15 is 0 Å². The van der Waals surface area contributed by atoms with Crippen molar-refractivity contribution in [1.29, 1.82) is 0 Å². The first-order valence-electron chi connectivity index (χ1n) is 6.70. The van der Waals surface area contributed by atoms with Crippen molar-refractivity contribution in [3.8, 4) is 0 Å². The number of ether oxygens (including phenoxy) is 1. The fraction of sp³-hybridized carbons (Fsp3) is 0.429. The van der Waals surface area contributed by atoms with E-state index in [4.69, 9.17) is 10.6 Å². The second-order valence-corrected chi connectivity index (χ2v) is 6.51. The number of hydrazine groups is 1. The molecule has 7 nitrogen and oxygen atoms in total. The monoisotopic (exact) mass is 372 g/mol. The van der Waals surface area contributed by atoms with Crippen LogP contribution in [-0.4, -0.2) is 30.2 Å². The molecule has 0 fully saturated rings. The summed E-state index contributed by atoms with van der Waals surface area (Å²) in [5, 5.41) is 5.53. The molecule has 8 heteroatoms. The smallest absolute Gasteiger partial charge is 0.407 e.